The van der Waals surface area contributed by atoms with E-state index in [1.54, 1.807) is 0 Å². The van der Waals surface area contributed by atoms with E-state index in [1.165, 1.54) is 0 Å². The van der Waals surface area contributed by atoms with E-state index in [2.05, 4.69) is 43.0 Å². The standard InChI is InChI=1S/C25H30FN5O/c1-16-27-12-23(30(16)2)19-7-8-20-11-28-24(10-21(20)9-19)29-25(32)18-5-3-17(4-6-18)13-31-14-22(26)15-31/h7-12,17-18,22H,3-6,13-15H2,1-2H3,(H,28,29,32)/t17-,18+. The van der Waals surface area contributed by atoms with Gasteiger partial charge in [0.15, 0.2) is 0 Å². The Morgan fingerprint density at radius 2 is 1.88 bits per heavy atom. The third kappa shape index (κ3) is 4.26. The summed E-state index contributed by atoms with van der Waals surface area (Å²) < 4.78 is 15.1. The topological polar surface area (TPSA) is 63.1 Å². The van der Waals surface area contributed by atoms with E-state index in [9.17, 15) is 9.18 Å². The first kappa shape index (κ1) is 21.1. The van der Waals surface area contributed by atoms with Gasteiger partial charge in [0.1, 0.15) is 17.8 Å². The highest BCUT2D eigenvalue weighted by molar-refractivity contribution is 5.95. The summed E-state index contributed by atoms with van der Waals surface area (Å²) in [5.41, 5.74) is 2.15. The lowest BCUT2D eigenvalue weighted by molar-refractivity contribution is -0.121. The predicted molar refractivity (Wildman–Crippen MR) is 124 cm³/mol. The molecule has 2 fully saturated rings. The number of nitrogens with zero attached hydrogens (tertiary/aromatic N) is 4. The molecule has 3 heterocycles. The number of nitrogens with one attached hydrogen (secondary N) is 1. The van der Waals surface area contributed by atoms with Crippen molar-refractivity contribution in [2.24, 2.45) is 18.9 Å². The Kier molecular flexibility index (Phi) is 5.67. The minimum Gasteiger partial charge on any atom is -0.331 e. The number of benzene rings is 1. The van der Waals surface area contributed by atoms with Crippen LogP contribution in [0.1, 0.15) is 31.5 Å². The third-order valence-corrected chi connectivity index (χ3v) is 7.14. The molecular formula is C25H30FN5O. The van der Waals surface area contributed by atoms with Crippen molar-refractivity contribution in [2.75, 3.05) is 25.0 Å². The number of aryl methyl sites for hydroxylation is 1. The van der Waals surface area contributed by atoms with Crippen LogP contribution < -0.4 is 5.32 Å². The number of carbonyl (C=O) groups excluding carboxylic acids is 1. The van der Waals surface area contributed by atoms with Crippen LogP contribution in [0.3, 0.4) is 0 Å². The Morgan fingerprint density at radius 1 is 1.09 bits per heavy atom. The molecule has 1 aromatic carbocycles. The van der Waals surface area contributed by atoms with Gasteiger partial charge in [-0.1, -0.05) is 12.1 Å². The van der Waals surface area contributed by atoms with Gasteiger partial charge in [-0.3, -0.25) is 9.69 Å². The number of aromatic nitrogens is 3. The molecule has 0 spiro atoms. The monoisotopic (exact) mass is 435 g/mol. The largest absolute Gasteiger partial charge is 0.331 e. The van der Waals surface area contributed by atoms with Crippen molar-refractivity contribution in [3.63, 3.8) is 0 Å². The van der Waals surface area contributed by atoms with Crippen molar-refractivity contribution in [3.05, 3.63) is 42.5 Å². The maximum atomic E-state index is 13.0. The van der Waals surface area contributed by atoms with Crippen molar-refractivity contribution >= 4 is 22.5 Å². The number of imidazole rings is 1. The molecule has 0 bridgehead atoms. The average molecular weight is 436 g/mol. The predicted octanol–water partition coefficient (Wildman–Crippen LogP) is 4.34. The van der Waals surface area contributed by atoms with Gasteiger partial charge in [-0.25, -0.2) is 14.4 Å². The van der Waals surface area contributed by atoms with Crippen LogP contribution in [0, 0.1) is 18.8 Å². The van der Waals surface area contributed by atoms with E-state index < -0.39 is 6.17 Å². The Labute approximate surface area is 187 Å². The molecule has 3 aromatic rings. The summed E-state index contributed by atoms with van der Waals surface area (Å²) >= 11 is 0. The number of likely N-dealkylation sites (tertiary alicyclic amines) is 1. The second kappa shape index (κ2) is 8.62. The fourth-order valence-corrected chi connectivity index (χ4v) is 5.00. The normalized spacial score (nSPS) is 22.1. The number of hydrogen-bond acceptors (Lipinski definition) is 4. The summed E-state index contributed by atoms with van der Waals surface area (Å²) in [4.78, 5) is 23.9. The maximum absolute atomic E-state index is 13.0. The quantitative estimate of drug-likeness (QED) is 0.648. The molecule has 7 heteroatoms. The fourth-order valence-electron chi connectivity index (χ4n) is 5.00. The van der Waals surface area contributed by atoms with Gasteiger partial charge in [-0.05, 0) is 56.0 Å². The zero-order chi connectivity index (χ0) is 22.2. The second-order valence-corrected chi connectivity index (χ2v) is 9.40. The smallest absolute Gasteiger partial charge is 0.228 e. The summed E-state index contributed by atoms with van der Waals surface area (Å²) in [7, 11) is 2.01. The highest BCUT2D eigenvalue weighted by Gasteiger charge is 2.31. The van der Waals surface area contributed by atoms with Gasteiger partial charge in [-0.15, -0.1) is 0 Å². The SMILES string of the molecule is Cc1ncc(-c2ccc3cnc(NC(=O)[C@H]4CC[C@@H](CN5CC(F)C5)CC4)cc3c2)n1C. The molecule has 32 heavy (non-hydrogen) atoms. The molecule has 5 rings (SSSR count). The number of hydrogen-bond donors (Lipinski definition) is 1. The van der Waals surface area contributed by atoms with Crippen molar-refractivity contribution in [1.29, 1.82) is 0 Å². The molecule has 2 aliphatic rings. The van der Waals surface area contributed by atoms with E-state index in [-0.39, 0.29) is 11.8 Å². The van der Waals surface area contributed by atoms with Gasteiger partial charge >= 0.3 is 0 Å². The number of halogens is 1. The fraction of sp³-hybridized carbons (Fsp3) is 0.480. The third-order valence-electron chi connectivity index (χ3n) is 7.14. The first-order valence-electron chi connectivity index (χ1n) is 11.5. The van der Waals surface area contributed by atoms with Gasteiger partial charge in [0.05, 0.1) is 11.9 Å². The van der Waals surface area contributed by atoms with Crippen LogP contribution >= 0.6 is 0 Å². The van der Waals surface area contributed by atoms with Crippen molar-refractivity contribution in [1.82, 2.24) is 19.4 Å². The molecule has 1 saturated carbocycles. The van der Waals surface area contributed by atoms with Crippen LogP contribution in [0.5, 0.6) is 0 Å². The number of anilines is 1. The molecule has 1 amide bonds. The Hall–Kier alpha value is -2.80. The summed E-state index contributed by atoms with van der Waals surface area (Å²) in [5.74, 6) is 2.23. The maximum Gasteiger partial charge on any atom is 0.228 e. The van der Waals surface area contributed by atoms with Crippen molar-refractivity contribution < 1.29 is 9.18 Å². The number of carbonyl (C=O) groups is 1. The molecule has 0 atom stereocenters. The number of rotatable bonds is 5. The van der Waals surface area contributed by atoms with E-state index >= 15 is 0 Å². The van der Waals surface area contributed by atoms with Gasteiger partial charge in [0, 0.05) is 49.7 Å². The number of pyridine rings is 1. The van der Waals surface area contributed by atoms with Crippen molar-refractivity contribution in [2.45, 2.75) is 38.8 Å². The first-order chi connectivity index (χ1) is 15.5. The van der Waals surface area contributed by atoms with Crippen molar-refractivity contribution in [3.8, 4) is 11.3 Å². The highest BCUT2D eigenvalue weighted by atomic mass is 19.1. The van der Waals surface area contributed by atoms with E-state index in [1.807, 2.05) is 32.4 Å². The minimum absolute atomic E-state index is 0.0258. The van der Waals surface area contributed by atoms with Crippen LogP contribution in [0.2, 0.25) is 0 Å². The van der Waals surface area contributed by atoms with Gasteiger partial charge in [-0.2, -0.15) is 0 Å². The molecule has 6 nitrogen and oxygen atoms in total. The molecule has 1 saturated heterocycles. The summed E-state index contributed by atoms with van der Waals surface area (Å²) in [5, 5.41) is 5.11. The van der Waals surface area contributed by atoms with Gasteiger partial charge in [0.25, 0.3) is 0 Å². The molecule has 168 valence electrons. The lowest BCUT2D eigenvalue weighted by Gasteiger charge is -2.38. The lowest BCUT2D eigenvalue weighted by Crippen LogP contribution is -2.50. The Morgan fingerprint density at radius 3 is 2.56 bits per heavy atom. The molecule has 1 aliphatic carbocycles. The van der Waals surface area contributed by atoms with E-state index in [4.69, 9.17) is 0 Å². The lowest BCUT2D eigenvalue weighted by atomic mass is 9.81. The zero-order valence-corrected chi connectivity index (χ0v) is 18.7. The Bertz CT molecular complexity index is 1130. The van der Waals surface area contributed by atoms with Gasteiger partial charge < -0.3 is 9.88 Å². The zero-order valence-electron chi connectivity index (χ0n) is 18.7. The van der Waals surface area contributed by atoms with Crippen LogP contribution in [0.4, 0.5) is 10.2 Å². The number of fused-ring (bicyclic) bond motifs is 1. The average Bonchev–Trinajstić information content (AvgIpc) is 3.11. The summed E-state index contributed by atoms with van der Waals surface area (Å²) in [6, 6.07) is 8.19. The molecule has 0 radical (unpaired) electrons. The van der Waals surface area contributed by atoms with E-state index in [0.717, 1.165) is 60.1 Å². The van der Waals surface area contributed by atoms with Crippen LogP contribution in [-0.4, -0.2) is 51.1 Å². The molecule has 1 aliphatic heterocycles. The van der Waals surface area contributed by atoms with E-state index in [0.29, 0.717) is 24.8 Å². The summed E-state index contributed by atoms with van der Waals surface area (Å²) in [6.45, 7) is 4.12. The van der Waals surface area contributed by atoms with Crippen LogP contribution in [0.25, 0.3) is 22.0 Å². The molecular weight excluding hydrogens is 405 g/mol. The Balaban J connectivity index is 1.23. The van der Waals surface area contributed by atoms with Crippen LogP contribution in [-0.2, 0) is 11.8 Å². The van der Waals surface area contributed by atoms with Gasteiger partial charge in [0.2, 0.25) is 5.91 Å². The number of amides is 1. The minimum atomic E-state index is -0.643. The molecule has 0 unspecified atom stereocenters. The second-order valence-electron chi connectivity index (χ2n) is 9.40. The molecule has 1 N–H and O–H groups in total. The highest BCUT2D eigenvalue weighted by Crippen LogP contribution is 2.32. The van der Waals surface area contributed by atoms with Crippen LogP contribution in [0.15, 0.2) is 36.7 Å². The molecule has 2 aromatic heterocycles. The number of alkyl halides is 1. The summed E-state index contributed by atoms with van der Waals surface area (Å²) in [6.07, 6.45) is 6.90. The first-order valence-corrected chi connectivity index (χ1v) is 11.5.